The maximum absolute atomic E-state index is 11.1. The molecule has 24 nitrogen and oxygen atoms in total. The molecule has 0 aromatic rings. The largest absolute Gasteiger partial charge is 0.481 e. The maximum atomic E-state index is 11.1. The molecule has 2 atom stereocenters. The summed E-state index contributed by atoms with van der Waals surface area (Å²) >= 11 is 0. The van der Waals surface area contributed by atoms with Gasteiger partial charge >= 0.3 is 35.8 Å². The van der Waals surface area contributed by atoms with E-state index in [2.05, 4.69) is 0 Å². The zero-order valence-corrected chi connectivity index (χ0v) is 39.3. The zero-order chi connectivity index (χ0) is 45.0. The Morgan fingerprint density at radius 1 is 0.393 bits per heavy atom. The third kappa shape index (κ3) is 18.0. The van der Waals surface area contributed by atoms with Crippen molar-refractivity contribution in [1.82, 2.24) is 29.4 Å². The fourth-order valence-corrected chi connectivity index (χ4v) is 7.64. The molecule has 2 rings (SSSR count). The van der Waals surface area contributed by atoms with Gasteiger partial charge in [0.2, 0.25) is 0 Å². The second-order valence-corrected chi connectivity index (χ2v) is 14.9. The first-order chi connectivity index (χ1) is 26.7. The van der Waals surface area contributed by atoms with Gasteiger partial charge in [0.1, 0.15) is 12.1 Å². The van der Waals surface area contributed by atoms with Gasteiger partial charge in [-0.25, -0.2) is 0 Å². The molecule has 61 heavy (non-hydrogen) atoms. The van der Waals surface area contributed by atoms with E-state index in [0.717, 1.165) is 0 Å². The molecule has 0 aliphatic heterocycles. The molecule has 381 valence electrons. The Hall–Kier alpha value is 0.0413. The van der Waals surface area contributed by atoms with Crippen molar-refractivity contribution in [2.45, 2.75) is 98.6 Å². The molecule has 2 unspecified atom stereocenters. The van der Waals surface area contributed by atoms with Crippen LogP contribution in [0.15, 0.2) is 0 Å². The molecule has 0 aromatic carbocycles. The Morgan fingerprint density at radius 3 is 0.803 bits per heavy atom. The number of aliphatic carboxylic acids is 6. The van der Waals surface area contributed by atoms with Gasteiger partial charge in [0.25, 0.3) is 0 Å². The summed E-state index contributed by atoms with van der Waals surface area (Å²) in [5.41, 5.74) is -4.15. The summed E-state index contributed by atoms with van der Waals surface area (Å²) in [4.78, 5) is 73.5. The fraction of sp³-hybridized carbons (Fsp3) is 0.824. The molecule has 0 bridgehead atoms. The summed E-state index contributed by atoms with van der Waals surface area (Å²) in [6.07, 6.45) is -7.35. The summed E-state index contributed by atoms with van der Waals surface area (Å²) in [7, 11) is 8.83. The minimum absolute atomic E-state index is 0. The van der Waals surface area contributed by atoms with Crippen LogP contribution in [-0.4, -0.2) is 268 Å². The molecular weight excluding hydrogens is 1310 g/mol. The first-order valence-corrected chi connectivity index (χ1v) is 18.4. The number of carbonyl (C=O) groups is 6. The predicted molar refractivity (Wildman–Crippen MR) is 198 cm³/mol. The van der Waals surface area contributed by atoms with E-state index >= 15 is 0 Å². The van der Waals surface area contributed by atoms with Gasteiger partial charge in [-0.3, -0.25) is 58.2 Å². The number of hydrogen-bond acceptors (Lipinski definition) is 18. The van der Waals surface area contributed by atoms with Crippen molar-refractivity contribution in [3.63, 3.8) is 0 Å². The van der Waals surface area contributed by atoms with Crippen molar-refractivity contribution < 1.29 is 201 Å². The topological polar surface area (TPSA) is 365 Å². The van der Waals surface area contributed by atoms with Gasteiger partial charge in [-0.1, -0.05) is 0 Å². The third-order valence-electron chi connectivity index (χ3n) is 10.9. The van der Waals surface area contributed by atoms with Crippen LogP contribution in [0.1, 0.15) is 38.5 Å². The van der Waals surface area contributed by atoms with E-state index in [-0.39, 0.29) is 188 Å². The van der Waals surface area contributed by atoms with Crippen molar-refractivity contribution in [3.05, 3.63) is 0 Å². The normalized spacial score (nSPS) is 28.2. The van der Waals surface area contributed by atoms with E-state index in [1.54, 1.807) is 21.1 Å². The number of hydrogen-bond donors (Lipinski definition) is 12. The average molecular weight is 1370 g/mol. The molecule has 3 radical (unpaired) electrons. The van der Waals surface area contributed by atoms with Gasteiger partial charge in [-0.05, 0) is 42.3 Å². The van der Waals surface area contributed by atoms with Crippen molar-refractivity contribution in [1.29, 1.82) is 0 Å². The summed E-state index contributed by atoms with van der Waals surface area (Å²) in [6.45, 7) is -0.261. The maximum Gasteiger partial charge on any atom is 0.304 e. The Kier molecular flexibility index (Phi) is 31.7. The van der Waals surface area contributed by atoms with Crippen LogP contribution in [0.25, 0.3) is 0 Å². The Morgan fingerprint density at radius 2 is 0.590 bits per heavy atom. The van der Waals surface area contributed by atoms with Gasteiger partial charge < -0.3 is 61.3 Å². The number of carboxylic acid groups (broad SMARTS) is 6. The molecule has 2 saturated carbocycles. The minimum Gasteiger partial charge on any atom is -0.481 e. The molecule has 0 spiro atoms. The molecule has 0 amide bonds. The summed E-state index contributed by atoms with van der Waals surface area (Å²) in [5.74, 6) is -6.48. The van der Waals surface area contributed by atoms with Crippen LogP contribution in [0.5, 0.6) is 0 Å². The van der Waals surface area contributed by atoms with Gasteiger partial charge in [-0.2, -0.15) is 0 Å². The van der Waals surface area contributed by atoms with Crippen LogP contribution < -0.4 is 0 Å². The van der Waals surface area contributed by atoms with Gasteiger partial charge in [0.05, 0.1) is 75.0 Å². The zero-order valence-electron chi connectivity index (χ0n) is 34.4. The van der Waals surface area contributed by atoms with E-state index in [0.29, 0.717) is 0 Å². The number of nitrogens with zero attached hydrogens (tertiary/aromatic N) is 6. The number of aliphatic hydroxyl groups excluding tert-OH is 4. The van der Waals surface area contributed by atoms with E-state index in [9.17, 15) is 59.4 Å². The minimum atomic E-state index is -2.07. The molecule has 12 N–H and O–H groups in total. The average Bonchev–Trinajstić information content (AvgIpc) is 3.12. The second-order valence-electron chi connectivity index (χ2n) is 14.9. The van der Waals surface area contributed by atoms with Crippen LogP contribution in [0.3, 0.4) is 0 Å². The first kappa shape index (κ1) is 65.3. The molecule has 0 heterocycles. The number of aliphatic hydroxyl groups is 6. The SMILES string of the molecule is CN(CCC(=O)O)C1C(O)(N(C)CCC(=O)O)C(O)C1(O)N(C)CCC(=O)O.CN(CCC(=O)O)C1C(O)C(N(C)CCC(=O)O)C(O)C(N(C)CCC(=O)O)C1O.[Lu].[Lu].[Lu]. The number of rotatable bonds is 24. The summed E-state index contributed by atoms with van der Waals surface area (Å²) in [6, 6.07) is -4.10. The first-order valence-electron chi connectivity index (χ1n) is 18.4. The molecule has 27 heteroatoms. The molecule has 0 saturated heterocycles. The van der Waals surface area contributed by atoms with Crippen LogP contribution in [0, 0.1) is 111 Å². The van der Waals surface area contributed by atoms with Gasteiger partial charge in [0.15, 0.2) is 11.4 Å². The van der Waals surface area contributed by atoms with Crippen LogP contribution in [0.2, 0.25) is 0 Å². The van der Waals surface area contributed by atoms with Gasteiger partial charge in [0, 0.05) is 150 Å². The molecular formula is C34H62Lu3N6O18. The number of likely N-dealkylation sites (N-methyl/N-ethyl adjacent to an activating group) is 6. The van der Waals surface area contributed by atoms with Crippen molar-refractivity contribution in [3.8, 4) is 0 Å². The van der Waals surface area contributed by atoms with Crippen LogP contribution in [-0.2, 0) is 28.8 Å². The molecule has 2 fully saturated rings. The summed E-state index contributed by atoms with van der Waals surface area (Å²) in [5, 5.41) is 119. The number of carboxylic acids is 6. The van der Waals surface area contributed by atoms with Gasteiger partial charge in [-0.15, -0.1) is 0 Å². The van der Waals surface area contributed by atoms with Crippen molar-refractivity contribution in [2.75, 3.05) is 81.6 Å². The van der Waals surface area contributed by atoms with E-state index < -0.39 is 95.8 Å². The van der Waals surface area contributed by atoms with Crippen molar-refractivity contribution >= 4 is 35.8 Å². The monoisotopic (exact) mass is 1370 g/mol. The van der Waals surface area contributed by atoms with E-state index in [1.165, 1.54) is 50.5 Å². The standard InChI is InChI=1S/C18H33N3O9.C16H29N3O9.3Lu/c1-19(7-4-10(22)23)13-16(28)14(20(2)8-5-11(24)25)18(30)15(17(13)29)21(3)9-6-12(26)27;1-17(7-4-10(20)21)13-15(27,18(2)8-5-11(22)23)14(26)16(13,28)19(3)9-6-12(24)25;;;/h13-18,28-30H,4-9H2,1-3H3,(H,22,23)(H,24,25)(H,26,27);13-14,26-28H,4-9H2,1-3H3,(H,20,21)(H,22,23)(H,24,25);;;. The Balaban J connectivity index is -0.00000105. The smallest absolute Gasteiger partial charge is 0.304 e. The fourth-order valence-electron chi connectivity index (χ4n) is 7.64. The second kappa shape index (κ2) is 29.6. The molecule has 2 aliphatic carbocycles. The predicted octanol–water partition coefficient (Wildman–Crippen LogP) is -5.27. The Bertz CT molecular complexity index is 1300. The Labute approximate surface area is 441 Å². The third-order valence-corrected chi connectivity index (χ3v) is 10.9. The van der Waals surface area contributed by atoms with Crippen LogP contribution in [0.4, 0.5) is 0 Å². The quantitative estimate of drug-likeness (QED) is 0.0402. The van der Waals surface area contributed by atoms with E-state index in [1.807, 2.05) is 0 Å². The summed E-state index contributed by atoms with van der Waals surface area (Å²) < 4.78 is 0. The molecule has 0 aromatic heterocycles. The van der Waals surface area contributed by atoms with Crippen LogP contribution >= 0.6 is 0 Å². The van der Waals surface area contributed by atoms with E-state index in [4.69, 9.17) is 30.6 Å². The molecule has 2 aliphatic rings. The van der Waals surface area contributed by atoms with Crippen molar-refractivity contribution in [2.24, 2.45) is 0 Å².